The molecule has 0 spiro atoms. The highest BCUT2D eigenvalue weighted by molar-refractivity contribution is 7.99. The Morgan fingerprint density at radius 3 is 3.00 bits per heavy atom. The predicted octanol–water partition coefficient (Wildman–Crippen LogP) is 2.94. The first-order chi connectivity index (χ1) is 11.1. The van der Waals surface area contributed by atoms with Crippen LogP contribution in [0.1, 0.15) is 26.2 Å². The summed E-state index contributed by atoms with van der Waals surface area (Å²) in [6, 6.07) is 7.08. The summed E-state index contributed by atoms with van der Waals surface area (Å²) in [4.78, 5) is 14.2. The van der Waals surface area contributed by atoms with Crippen LogP contribution in [0, 0.1) is 0 Å². The maximum atomic E-state index is 12.3. The molecule has 6 nitrogen and oxygen atoms in total. The van der Waals surface area contributed by atoms with Crippen molar-refractivity contribution in [3.05, 3.63) is 24.3 Å². The normalized spacial score (nSPS) is 18.1. The lowest BCUT2D eigenvalue weighted by atomic mass is 10.0. The highest BCUT2D eigenvalue weighted by Gasteiger charge is 2.23. The molecule has 122 valence electrons. The molecule has 0 radical (unpaired) electrons. The first kappa shape index (κ1) is 15.9. The SMILES string of the molecule is C[C@H]1CCCCN1C(=O)CSc1nnc(-c2ccccc2O)o1. The zero-order valence-electron chi connectivity index (χ0n) is 12.9. The Morgan fingerprint density at radius 1 is 1.39 bits per heavy atom. The van der Waals surface area contributed by atoms with Gasteiger partial charge in [0, 0.05) is 12.6 Å². The summed E-state index contributed by atoms with van der Waals surface area (Å²) in [6.45, 7) is 2.91. The topological polar surface area (TPSA) is 79.5 Å². The van der Waals surface area contributed by atoms with E-state index >= 15 is 0 Å². The highest BCUT2D eigenvalue weighted by Crippen LogP contribution is 2.29. The summed E-state index contributed by atoms with van der Waals surface area (Å²) in [5, 5.41) is 18.0. The maximum Gasteiger partial charge on any atom is 0.277 e. The van der Waals surface area contributed by atoms with E-state index in [2.05, 4.69) is 17.1 Å². The molecule has 1 N–H and O–H groups in total. The van der Waals surface area contributed by atoms with Crippen LogP contribution in [-0.2, 0) is 4.79 Å². The van der Waals surface area contributed by atoms with E-state index in [9.17, 15) is 9.90 Å². The number of benzene rings is 1. The molecule has 1 aromatic heterocycles. The quantitative estimate of drug-likeness (QED) is 0.867. The van der Waals surface area contributed by atoms with Crippen LogP contribution in [0.4, 0.5) is 0 Å². The Morgan fingerprint density at radius 2 is 2.22 bits per heavy atom. The van der Waals surface area contributed by atoms with Gasteiger partial charge in [0.25, 0.3) is 11.1 Å². The fourth-order valence-electron chi connectivity index (χ4n) is 2.71. The number of hydrogen-bond donors (Lipinski definition) is 1. The third kappa shape index (κ3) is 3.67. The molecule has 1 aliphatic rings. The zero-order chi connectivity index (χ0) is 16.2. The number of rotatable bonds is 4. The molecule has 0 bridgehead atoms. The molecule has 7 heteroatoms. The van der Waals surface area contributed by atoms with Gasteiger partial charge in [0.2, 0.25) is 5.91 Å². The lowest BCUT2D eigenvalue weighted by Crippen LogP contribution is -2.42. The number of amides is 1. The van der Waals surface area contributed by atoms with Crippen LogP contribution in [-0.4, -0.2) is 44.5 Å². The van der Waals surface area contributed by atoms with Crippen LogP contribution >= 0.6 is 11.8 Å². The number of carbonyl (C=O) groups excluding carboxylic acids is 1. The first-order valence-electron chi connectivity index (χ1n) is 7.69. The summed E-state index contributed by atoms with van der Waals surface area (Å²) in [7, 11) is 0. The van der Waals surface area contributed by atoms with Crippen molar-refractivity contribution in [1.29, 1.82) is 0 Å². The number of carbonyl (C=O) groups is 1. The van der Waals surface area contributed by atoms with Crippen molar-refractivity contribution >= 4 is 17.7 Å². The lowest BCUT2D eigenvalue weighted by molar-refractivity contribution is -0.131. The maximum absolute atomic E-state index is 12.3. The van der Waals surface area contributed by atoms with E-state index in [0.717, 1.165) is 19.4 Å². The van der Waals surface area contributed by atoms with Crippen molar-refractivity contribution in [3.8, 4) is 17.2 Å². The number of hydrogen-bond acceptors (Lipinski definition) is 6. The van der Waals surface area contributed by atoms with Crippen molar-refractivity contribution in [2.24, 2.45) is 0 Å². The van der Waals surface area contributed by atoms with Gasteiger partial charge in [-0.1, -0.05) is 23.9 Å². The number of phenolic OH excluding ortho intramolecular Hbond substituents is 1. The van der Waals surface area contributed by atoms with Crippen LogP contribution in [0.5, 0.6) is 5.75 Å². The van der Waals surface area contributed by atoms with E-state index in [-0.39, 0.29) is 23.3 Å². The van der Waals surface area contributed by atoms with E-state index in [1.54, 1.807) is 24.3 Å². The average Bonchev–Trinajstić information content (AvgIpc) is 3.02. The van der Waals surface area contributed by atoms with E-state index in [4.69, 9.17) is 4.42 Å². The van der Waals surface area contributed by atoms with Gasteiger partial charge in [0.15, 0.2) is 0 Å². The van der Waals surface area contributed by atoms with Crippen molar-refractivity contribution in [3.63, 3.8) is 0 Å². The molecule has 0 unspecified atom stereocenters. The van der Waals surface area contributed by atoms with Gasteiger partial charge in [-0.15, -0.1) is 10.2 Å². The van der Waals surface area contributed by atoms with Crippen molar-refractivity contribution in [1.82, 2.24) is 15.1 Å². The molecular weight excluding hydrogens is 314 g/mol. The molecule has 2 aromatic rings. The number of thioether (sulfide) groups is 1. The first-order valence-corrected chi connectivity index (χ1v) is 8.68. The van der Waals surface area contributed by atoms with Gasteiger partial charge < -0.3 is 14.4 Å². The Labute approximate surface area is 138 Å². The van der Waals surface area contributed by atoms with E-state index in [1.807, 2.05) is 4.90 Å². The Hall–Kier alpha value is -2.02. The second-order valence-electron chi connectivity index (χ2n) is 5.61. The van der Waals surface area contributed by atoms with Crippen LogP contribution in [0.2, 0.25) is 0 Å². The molecule has 1 amide bonds. The Balaban J connectivity index is 1.61. The number of aromatic hydroxyl groups is 1. The molecule has 0 aliphatic carbocycles. The van der Waals surface area contributed by atoms with Gasteiger partial charge in [-0.25, -0.2) is 0 Å². The standard InChI is InChI=1S/C16H19N3O3S/c1-11-6-4-5-9-19(11)14(21)10-23-16-18-17-15(22-16)12-7-2-3-8-13(12)20/h2-3,7-8,11,20H,4-6,9-10H2,1H3/t11-/m0/s1. The molecule has 1 atom stereocenters. The molecule has 1 fully saturated rings. The lowest BCUT2D eigenvalue weighted by Gasteiger charge is -2.33. The van der Waals surface area contributed by atoms with E-state index < -0.39 is 0 Å². The minimum atomic E-state index is 0.0888. The van der Waals surface area contributed by atoms with Gasteiger partial charge in [0.05, 0.1) is 11.3 Å². The van der Waals surface area contributed by atoms with Gasteiger partial charge in [-0.3, -0.25) is 4.79 Å². The van der Waals surface area contributed by atoms with E-state index in [1.165, 1.54) is 18.2 Å². The molecule has 3 rings (SSSR count). The molecule has 0 saturated carbocycles. The fraction of sp³-hybridized carbons (Fsp3) is 0.438. The van der Waals surface area contributed by atoms with Gasteiger partial charge in [-0.2, -0.15) is 0 Å². The minimum absolute atomic E-state index is 0.0888. The molecule has 2 heterocycles. The summed E-state index contributed by atoms with van der Waals surface area (Å²) >= 11 is 1.23. The third-order valence-corrected chi connectivity index (χ3v) is 4.79. The molecule has 1 saturated heterocycles. The second-order valence-corrected chi connectivity index (χ2v) is 6.54. The summed E-state index contributed by atoms with van der Waals surface area (Å²) in [6.07, 6.45) is 3.32. The van der Waals surface area contributed by atoms with Crippen LogP contribution in [0.3, 0.4) is 0 Å². The fourth-order valence-corrected chi connectivity index (χ4v) is 3.36. The van der Waals surface area contributed by atoms with Gasteiger partial charge >= 0.3 is 0 Å². The number of nitrogens with zero attached hydrogens (tertiary/aromatic N) is 3. The Kier molecular flexibility index (Phi) is 4.85. The minimum Gasteiger partial charge on any atom is -0.507 e. The van der Waals surface area contributed by atoms with Gasteiger partial charge in [-0.05, 0) is 38.3 Å². The monoisotopic (exact) mass is 333 g/mol. The predicted molar refractivity (Wildman–Crippen MR) is 87.1 cm³/mol. The van der Waals surface area contributed by atoms with Crippen LogP contribution in [0.25, 0.3) is 11.5 Å². The largest absolute Gasteiger partial charge is 0.507 e. The smallest absolute Gasteiger partial charge is 0.277 e. The number of piperidine rings is 1. The van der Waals surface area contributed by atoms with Crippen LogP contribution in [0.15, 0.2) is 33.9 Å². The third-order valence-electron chi connectivity index (χ3n) is 3.98. The Bertz CT molecular complexity index is 689. The summed E-state index contributed by atoms with van der Waals surface area (Å²) in [5.41, 5.74) is 0.489. The van der Waals surface area contributed by atoms with Crippen molar-refractivity contribution < 1.29 is 14.3 Å². The molecular formula is C16H19N3O3S. The van der Waals surface area contributed by atoms with Crippen LogP contribution < -0.4 is 0 Å². The zero-order valence-corrected chi connectivity index (χ0v) is 13.8. The van der Waals surface area contributed by atoms with E-state index in [0.29, 0.717) is 16.8 Å². The average molecular weight is 333 g/mol. The summed E-state index contributed by atoms with van der Waals surface area (Å²) in [5.74, 6) is 0.729. The van der Waals surface area contributed by atoms with Gasteiger partial charge in [0.1, 0.15) is 5.75 Å². The highest BCUT2D eigenvalue weighted by atomic mass is 32.2. The molecule has 1 aliphatic heterocycles. The van der Waals surface area contributed by atoms with Crippen molar-refractivity contribution in [2.75, 3.05) is 12.3 Å². The number of likely N-dealkylation sites (tertiary alicyclic amines) is 1. The number of para-hydroxylation sites is 1. The second kappa shape index (κ2) is 7.04. The molecule has 23 heavy (non-hydrogen) atoms. The summed E-state index contributed by atoms with van der Waals surface area (Å²) < 4.78 is 5.53. The number of phenols is 1. The number of aromatic nitrogens is 2. The van der Waals surface area contributed by atoms with Crippen molar-refractivity contribution in [2.45, 2.75) is 37.5 Å². The molecule has 1 aromatic carbocycles.